The van der Waals surface area contributed by atoms with Gasteiger partial charge in [0.25, 0.3) is 0 Å². The molecule has 0 atom stereocenters. The zero-order chi connectivity index (χ0) is 21.1. The summed E-state index contributed by atoms with van der Waals surface area (Å²) in [6.07, 6.45) is 4.32. The maximum atomic E-state index is 10.9. The van der Waals surface area contributed by atoms with Crippen molar-refractivity contribution in [2.24, 2.45) is 0 Å². The third-order valence-electron chi connectivity index (χ3n) is 2.98. The molecule has 0 aromatic heterocycles. The highest BCUT2D eigenvalue weighted by Gasteiger charge is 2.07. The Bertz CT molecular complexity index is 378. The predicted octanol–water partition coefficient (Wildman–Crippen LogP) is 2.68. The first kappa shape index (κ1) is 29.1. The lowest BCUT2D eigenvalue weighted by molar-refractivity contribution is -0.165. The van der Waals surface area contributed by atoms with Crippen LogP contribution in [0, 0.1) is 0 Å². The topological polar surface area (TPSA) is 122 Å². The van der Waals surface area contributed by atoms with Crippen LogP contribution in [-0.2, 0) is 14.4 Å². The van der Waals surface area contributed by atoms with Crippen LogP contribution >= 0.6 is 0 Å². The average molecular weight is 379 g/mol. The van der Waals surface area contributed by atoms with Crippen LogP contribution in [-0.4, -0.2) is 68.7 Å². The Hall–Kier alpha value is -1.71. The SMILES string of the molecule is CC(=O)N(C)O.CCCC(=O)N(O)CC.CCCCN(O)C(=O)CCC. The van der Waals surface area contributed by atoms with Crippen LogP contribution < -0.4 is 0 Å². The summed E-state index contributed by atoms with van der Waals surface area (Å²) in [6.45, 7) is 9.70. The van der Waals surface area contributed by atoms with E-state index < -0.39 is 0 Å². The van der Waals surface area contributed by atoms with Crippen molar-refractivity contribution < 1.29 is 30.0 Å². The fraction of sp³-hybridized carbons (Fsp3) is 0.824. The number of carbonyl (C=O) groups is 3. The van der Waals surface area contributed by atoms with Crippen LogP contribution in [0.25, 0.3) is 0 Å². The highest BCUT2D eigenvalue weighted by molar-refractivity contribution is 5.75. The predicted molar refractivity (Wildman–Crippen MR) is 97.6 cm³/mol. The van der Waals surface area contributed by atoms with Gasteiger partial charge in [-0.05, 0) is 26.2 Å². The second kappa shape index (κ2) is 19.6. The summed E-state index contributed by atoms with van der Waals surface area (Å²) in [5.74, 6) is -0.712. The highest BCUT2D eigenvalue weighted by atomic mass is 16.5. The largest absolute Gasteiger partial charge is 0.286 e. The number of rotatable bonds is 8. The van der Waals surface area contributed by atoms with Gasteiger partial charge in [0, 0.05) is 39.9 Å². The van der Waals surface area contributed by atoms with E-state index in [-0.39, 0.29) is 17.7 Å². The van der Waals surface area contributed by atoms with Crippen molar-refractivity contribution in [1.29, 1.82) is 0 Å². The standard InChI is InChI=1S/C8H17NO2.C6H13NO2.C3H7NO2/c1-3-5-7-9(11)8(10)6-4-2;1-3-5-6(8)7(9)4-2;1-3(5)4(2)6/h11H,3-7H2,1-2H3;9H,3-5H2,1-2H3;6H,1-2H3. The van der Waals surface area contributed by atoms with Gasteiger partial charge >= 0.3 is 0 Å². The Morgan fingerprint density at radius 1 is 0.769 bits per heavy atom. The first-order valence-corrected chi connectivity index (χ1v) is 9.00. The van der Waals surface area contributed by atoms with Crippen molar-refractivity contribution in [2.45, 2.75) is 73.1 Å². The van der Waals surface area contributed by atoms with Gasteiger partial charge in [-0.1, -0.05) is 27.2 Å². The van der Waals surface area contributed by atoms with Crippen LogP contribution in [0.4, 0.5) is 0 Å². The molecule has 0 aromatic carbocycles. The maximum Gasteiger partial charge on any atom is 0.245 e. The summed E-state index contributed by atoms with van der Waals surface area (Å²) in [7, 11) is 1.28. The molecule has 9 heteroatoms. The molecule has 0 radical (unpaired) electrons. The van der Waals surface area contributed by atoms with Gasteiger partial charge in [-0.2, -0.15) is 0 Å². The molecule has 3 N–H and O–H groups in total. The molecule has 0 aromatic rings. The summed E-state index contributed by atoms with van der Waals surface area (Å²) in [5, 5.41) is 28.0. The van der Waals surface area contributed by atoms with Crippen molar-refractivity contribution in [3.63, 3.8) is 0 Å². The van der Waals surface area contributed by atoms with E-state index in [9.17, 15) is 14.4 Å². The van der Waals surface area contributed by atoms with Crippen molar-refractivity contribution >= 4 is 17.7 Å². The van der Waals surface area contributed by atoms with Crippen molar-refractivity contribution in [3.05, 3.63) is 0 Å². The van der Waals surface area contributed by atoms with Gasteiger partial charge in [0.05, 0.1) is 0 Å². The van der Waals surface area contributed by atoms with Crippen LogP contribution in [0.5, 0.6) is 0 Å². The number of amides is 3. The van der Waals surface area contributed by atoms with Crippen molar-refractivity contribution in [1.82, 2.24) is 15.2 Å². The van der Waals surface area contributed by atoms with E-state index >= 15 is 0 Å². The second-order valence-electron chi connectivity index (χ2n) is 5.52. The Labute approximate surface area is 157 Å². The van der Waals surface area contributed by atoms with Crippen LogP contribution in [0.3, 0.4) is 0 Å². The highest BCUT2D eigenvalue weighted by Crippen LogP contribution is 1.97. The average Bonchev–Trinajstić information content (AvgIpc) is 2.60. The van der Waals surface area contributed by atoms with E-state index in [1.165, 1.54) is 14.0 Å². The zero-order valence-electron chi connectivity index (χ0n) is 17.1. The number of hydrogen-bond acceptors (Lipinski definition) is 6. The number of carbonyl (C=O) groups excluding carboxylic acids is 3. The third kappa shape index (κ3) is 20.3. The molecule has 0 spiro atoms. The molecule has 0 rings (SSSR count). The molecular formula is C17H37N3O6. The van der Waals surface area contributed by atoms with E-state index in [1.807, 2.05) is 20.8 Å². The molecule has 0 aliphatic heterocycles. The maximum absolute atomic E-state index is 10.9. The van der Waals surface area contributed by atoms with Gasteiger partial charge in [0.1, 0.15) is 0 Å². The smallest absolute Gasteiger partial charge is 0.245 e. The Morgan fingerprint density at radius 2 is 1.15 bits per heavy atom. The Morgan fingerprint density at radius 3 is 1.42 bits per heavy atom. The van der Waals surface area contributed by atoms with Gasteiger partial charge in [0.2, 0.25) is 17.7 Å². The molecule has 0 bridgehead atoms. The van der Waals surface area contributed by atoms with E-state index in [4.69, 9.17) is 15.6 Å². The normalized spacial score (nSPS) is 9.12. The van der Waals surface area contributed by atoms with Gasteiger partial charge < -0.3 is 0 Å². The summed E-state index contributed by atoms with van der Waals surface area (Å²) in [4.78, 5) is 31.4. The zero-order valence-corrected chi connectivity index (χ0v) is 17.1. The van der Waals surface area contributed by atoms with Gasteiger partial charge in [-0.15, -0.1) is 0 Å². The quantitative estimate of drug-likeness (QED) is 0.440. The molecule has 0 saturated carbocycles. The summed E-state index contributed by atoms with van der Waals surface area (Å²) in [5.41, 5.74) is 0. The molecule has 0 heterocycles. The Balaban J connectivity index is -0.000000319. The molecule has 0 aliphatic carbocycles. The van der Waals surface area contributed by atoms with Crippen LogP contribution in [0.15, 0.2) is 0 Å². The molecule has 0 saturated heterocycles. The summed E-state index contributed by atoms with van der Waals surface area (Å²) in [6, 6.07) is 0. The van der Waals surface area contributed by atoms with Crippen molar-refractivity contribution in [2.75, 3.05) is 20.1 Å². The Kier molecular flexibility index (Phi) is 21.9. The number of hydrogen-bond donors (Lipinski definition) is 3. The molecule has 156 valence electrons. The molecule has 0 fully saturated rings. The molecule has 0 unspecified atom stereocenters. The fourth-order valence-electron chi connectivity index (χ4n) is 1.29. The fourth-order valence-corrected chi connectivity index (χ4v) is 1.29. The van der Waals surface area contributed by atoms with Gasteiger partial charge in [0.15, 0.2) is 0 Å². The number of unbranched alkanes of at least 4 members (excludes halogenated alkanes) is 1. The molecule has 3 amide bonds. The van der Waals surface area contributed by atoms with Gasteiger partial charge in [-0.3, -0.25) is 30.0 Å². The lowest BCUT2D eigenvalue weighted by atomic mass is 10.3. The molecule has 0 aliphatic rings. The van der Waals surface area contributed by atoms with Crippen LogP contribution in [0.1, 0.15) is 73.1 Å². The molecular weight excluding hydrogens is 342 g/mol. The minimum atomic E-state index is -0.352. The van der Waals surface area contributed by atoms with Gasteiger partial charge in [-0.25, -0.2) is 15.2 Å². The van der Waals surface area contributed by atoms with E-state index in [1.54, 1.807) is 6.92 Å². The lowest BCUT2D eigenvalue weighted by Crippen LogP contribution is -2.27. The van der Waals surface area contributed by atoms with Crippen molar-refractivity contribution in [3.8, 4) is 0 Å². The summed E-state index contributed by atoms with van der Waals surface area (Å²) < 4.78 is 0. The first-order chi connectivity index (χ1) is 12.1. The number of hydroxylamine groups is 6. The van der Waals surface area contributed by atoms with E-state index in [0.717, 1.165) is 35.8 Å². The number of nitrogens with zero attached hydrogens (tertiary/aromatic N) is 3. The first-order valence-electron chi connectivity index (χ1n) is 9.00. The third-order valence-corrected chi connectivity index (χ3v) is 2.98. The second-order valence-corrected chi connectivity index (χ2v) is 5.52. The van der Waals surface area contributed by atoms with E-state index in [0.29, 0.717) is 31.0 Å². The summed E-state index contributed by atoms with van der Waals surface area (Å²) >= 11 is 0. The van der Waals surface area contributed by atoms with Crippen LogP contribution in [0.2, 0.25) is 0 Å². The minimum absolute atomic E-state index is 0.166. The molecule has 26 heavy (non-hydrogen) atoms. The molecule has 9 nitrogen and oxygen atoms in total. The van der Waals surface area contributed by atoms with E-state index in [2.05, 4.69) is 0 Å². The lowest BCUT2D eigenvalue weighted by Gasteiger charge is -2.13. The minimum Gasteiger partial charge on any atom is -0.286 e. The monoisotopic (exact) mass is 379 g/mol.